The van der Waals surface area contributed by atoms with Crippen LogP contribution in [0.3, 0.4) is 0 Å². The molecule has 5 heteroatoms. The van der Waals surface area contributed by atoms with Crippen molar-refractivity contribution < 1.29 is 0 Å². The molecule has 1 aromatic heterocycles. The van der Waals surface area contributed by atoms with Crippen molar-refractivity contribution in [2.75, 3.05) is 6.54 Å². The molecule has 2 rings (SSSR count). The van der Waals surface area contributed by atoms with E-state index >= 15 is 0 Å². The van der Waals surface area contributed by atoms with Gasteiger partial charge in [-0.25, -0.2) is 0 Å². The average Bonchev–Trinajstić information content (AvgIpc) is 2.91. The third kappa shape index (κ3) is 3.92. The lowest BCUT2D eigenvalue weighted by Gasteiger charge is -2.09. The maximum absolute atomic E-state index is 5.06. The molecule has 2 aromatic rings. The molecule has 0 aliphatic carbocycles. The molecule has 1 heterocycles. The number of hydrogen-bond donors (Lipinski definition) is 2. The van der Waals surface area contributed by atoms with Crippen LogP contribution in [-0.4, -0.2) is 22.4 Å². The van der Waals surface area contributed by atoms with Crippen LogP contribution < -0.4 is 10.7 Å². The molecule has 1 aromatic carbocycles. The van der Waals surface area contributed by atoms with Crippen molar-refractivity contribution in [3.8, 4) is 5.69 Å². The van der Waals surface area contributed by atoms with Crippen LogP contribution in [0, 0.1) is 13.8 Å². The zero-order valence-corrected chi connectivity index (χ0v) is 13.4. The number of aryl methyl sites for hydroxylation is 2. The Morgan fingerprint density at radius 3 is 2.81 bits per heavy atom. The summed E-state index contributed by atoms with van der Waals surface area (Å²) in [7, 11) is 0. The molecule has 0 saturated heterocycles. The van der Waals surface area contributed by atoms with E-state index in [1.165, 1.54) is 11.1 Å². The highest BCUT2D eigenvalue weighted by Crippen LogP contribution is 2.16. The number of nitrogens with zero attached hydrogens (tertiary/aromatic N) is 2. The molecular formula is C16H20N4S. The summed E-state index contributed by atoms with van der Waals surface area (Å²) in [6.45, 7) is 7.00. The quantitative estimate of drug-likeness (QED) is 0.518. The molecule has 0 radical (unpaired) electrons. The van der Waals surface area contributed by atoms with E-state index in [1.54, 1.807) is 6.21 Å². The van der Waals surface area contributed by atoms with Crippen LogP contribution in [0.2, 0.25) is 0 Å². The third-order valence-corrected chi connectivity index (χ3v) is 3.48. The van der Waals surface area contributed by atoms with Crippen molar-refractivity contribution in [3.63, 3.8) is 0 Å². The van der Waals surface area contributed by atoms with Crippen LogP contribution in [0.15, 0.2) is 41.6 Å². The second-order valence-corrected chi connectivity index (χ2v) is 5.21. The van der Waals surface area contributed by atoms with Gasteiger partial charge in [0.2, 0.25) is 0 Å². The lowest BCUT2D eigenvalue weighted by Crippen LogP contribution is -2.31. The Balaban J connectivity index is 2.16. The first-order chi connectivity index (χ1) is 10.1. The Morgan fingerprint density at radius 1 is 1.29 bits per heavy atom. The Kier molecular flexibility index (Phi) is 5.11. The molecule has 4 nitrogen and oxygen atoms in total. The van der Waals surface area contributed by atoms with E-state index in [-0.39, 0.29) is 0 Å². The first-order valence-corrected chi connectivity index (χ1v) is 7.34. The number of aromatic nitrogens is 1. The molecule has 0 aliphatic heterocycles. The Bertz CT molecular complexity index is 658. The summed E-state index contributed by atoms with van der Waals surface area (Å²) in [4.78, 5) is 0. The number of nitrogens with one attached hydrogen (secondary N) is 2. The predicted molar refractivity (Wildman–Crippen MR) is 92.2 cm³/mol. The Hall–Kier alpha value is -2.14. The van der Waals surface area contributed by atoms with E-state index in [0.717, 1.165) is 17.9 Å². The van der Waals surface area contributed by atoms with Crippen molar-refractivity contribution in [1.82, 2.24) is 15.3 Å². The normalized spacial score (nSPS) is 10.8. The van der Waals surface area contributed by atoms with Crippen LogP contribution in [0.25, 0.3) is 5.69 Å². The fraction of sp³-hybridized carbons (Fsp3) is 0.250. The van der Waals surface area contributed by atoms with Gasteiger partial charge in [0.15, 0.2) is 5.11 Å². The summed E-state index contributed by atoms with van der Waals surface area (Å²) >= 11 is 5.06. The maximum Gasteiger partial charge on any atom is 0.186 e. The molecule has 0 amide bonds. The summed E-state index contributed by atoms with van der Waals surface area (Å²) in [5.41, 5.74) is 7.48. The summed E-state index contributed by atoms with van der Waals surface area (Å²) in [6.07, 6.45) is 3.78. The topological polar surface area (TPSA) is 41.4 Å². The molecule has 0 fully saturated rings. The van der Waals surface area contributed by atoms with Gasteiger partial charge in [0.25, 0.3) is 0 Å². The van der Waals surface area contributed by atoms with Crippen LogP contribution in [-0.2, 0) is 0 Å². The van der Waals surface area contributed by atoms with Crippen molar-refractivity contribution in [1.29, 1.82) is 0 Å². The van der Waals surface area contributed by atoms with E-state index in [0.29, 0.717) is 5.11 Å². The average molecular weight is 300 g/mol. The van der Waals surface area contributed by atoms with Gasteiger partial charge in [0, 0.05) is 18.4 Å². The lowest BCUT2D eigenvalue weighted by atomic mass is 10.1. The van der Waals surface area contributed by atoms with Crippen molar-refractivity contribution >= 4 is 23.5 Å². The van der Waals surface area contributed by atoms with Gasteiger partial charge in [0.1, 0.15) is 0 Å². The first kappa shape index (κ1) is 15.3. The van der Waals surface area contributed by atoms with Crippen LogP contribution in [0.4, 0.5) is 0 Å². The van der Waals surface area contributed by atoms with Gasteiger partial charge in [-0.3, -0.25) is 5.43 Å². The van der Waals surface area contributed by atoms with Gasteiger partial charge in [0.05, 0.1) is 11.9 Å². The van der Waals surface area contributed by atoms with Gasteiger partial charge in [-0.1, -0.05) is 6.07 Å². The summed E-state index contributed by atoms with van der Waals surface area (Å²) in [6, 6.07) is 10.4. The predicted octanol–water partition coefficient (Wildman–Crippen LogP) is 2.91. The standard InChI is InChI=1S/C16H20N4S/c1-4-17-16(21)19-18-11-15-6-5-9-20(15)14-8-7-12(2)13(3)10-14/h5-11H,4H2,1-3H3,(H2,17,19,21). The molecule has 110 valence electrons. The lowest BCUT2D eigenvalue weighted by molar-refractivity contribution is 0.902. The number of benzene rings is 1. The molecule has 0 atom stereocenters. The van der Waals surface area contributed by atoms with Crippen LogP contribution >= 0.6 is 12.2 Å². The van der Waals surface area contributed by atoms with Gasteiger partial charge in [-0.2, -0.15) is 5.10 Å². The SMILES string of the molecule is CCNC(=S)NN=Cc1cccn1-c1ccc(C)c(C)c1. The minimum absolute atomic E-state index is 0.526. The molecule has 0 spiro atoms. The molecular weight excluding hydrogens is 280 g/mol. The highest BCUT2D eigenvalue weighted by atomic mass is 32.1. The second-order valence-electron chi connectivity index (χ2n) is 4.80. The summed E-state index contributed by atoms with van der Waals surface area (Å²) in [5, 5.41) is 7.67. The first-order valence-electron chi connectivity index (χ1n) is 6.93. The van der Waals surface area contributed by atoms with Gasteiger partial charge in [-0.15, -0.1) is 0 Å². The number of hydrogen-bond acceptors (Lipinski definition) is 2. The summed E-state index contributed by atoms with van der Waals surface area (Å²) < 4.78 is 2.09. The van der Waals surface area contributed by atoms with E-state index in [9.17, 15) is 0 Å². The largest absolute Gasteiger partial charge is 0.362 e. The van der Waals surface area contributed by atoms with Crippen LogP contribution in [0.5, 0.6) is 0 Å². The molecule has 0 saturated carbocycles. The maximum atomic E-state index is 5.06. The highest BCUT2D eigenvalue weighted by molar-refractivity contribution is 7.80. The zero-order chi connectivity index (χ0) is 15.2. The molecule has 0 unspecified atom stereocenters. The molecule has 0 aliphatic rings. The van der Waals surface area contributed by atoms with Crippen LogP contribution in [0.1, 0.15) is 23.7 Å². The number of rotatable bonds is 4. The summed E-state index contributed by atoms with van der Waals surface area (Å²) in [5.74, 6) is 0. The van der Waals surface area contributed by atoms with Gasteiger partial charge >= 0.3 is 0 Å². The van der Waals surface area contributed by atoms with E-state index in [2.05, 4.69) is 52.5 Å². The van der Waals surface area contributed by atoms with Gasteiger partial charge < -0.3 is 9.88 Å². The smallest absolute Gasteiger partial charge is 0.186 e. The van der Waals surface area contributed by atoms with E-state index in [4.69, 9.17) is 12.2 Å². The monoisotopic (exact) mass is 300 g/mol. The van der Waals surface area contributed by atoms with Crippen molar-refractivity contribution in [2.24, 2.45) is 5.10 Å². The molecule has 2 N–H and O–H groups in total. The highest BCUT2D eigenvalue weighted by Gasteiger charge is 2.02. The Morgan fingerprint density at radius 2 is 2.10 bits per heavy atom. The van der Waals surface area contributed by atoms with Crippen molar-refractivity contribution in [2.45, 2.75) is 20.8 Å². The fourth-order valence-corrected chi connectivity index (χ4v) is 2.16. The third-order valence-electron chi connectivity index (χ3n) is 3.25. The molecule has 21 heavy (non-hydrogen) atoms. The molecule has 0 bridgehead atoms. The van der Waals surface area contributed by atoms with E-state index in [1.807, 2.05) is 25.3 Å². The van der Waals surface area contributed by atoms with Gasteiger partial charge in [-0.05, 0) is 68.4 Å². The van der Waals surface area contributed by atoms with E-state index < -0.39 is 0 Å². The number of thiocarbonyl (C=S) groups is 1. The number of hydrazone groups is 1. The van der Waals surface area contributed by atoms with Crippen molar-refractivity contribution in [3.05, 3.63) is 53.3 Å². The fourth-order valence-electron chi connectivity index (χ4n) is 1.97. The second kappa shape index (κ2) is 7.04. The Labute approximate surface area is 130 Å². The minimum atomic E-state index is 0.526. The zero-order valence-electron chi connectivity index (χ0n) is 12.6. The minimum Gasteiger partial charge on any atom is -0.362 e.